The molecule has 1 amide bonds. The molecule has 27 heavy (non-hydrogen) atoms. The number of nitrogens with zero attached hydrogens (tertiary/aromatic N) is 1. The Balaban J connectivity index is 0.000000166. The number of hydrogen-bond donors (Lipinski definition) is 2. The molecule has 2 aromatic heterocycles. The van der Waals surface area contributed by atoms with Gasteiger partial charge >= 0.3 is 0 Å². The number of thiophene rings is 1. The number of amides is 1. The van der Waals surface area contributed by atoms with E-state index in [0.29, 0.717) is 5.69 Å². The fraction of sp³-hybridized carbons (Fsp3) is 0.333. The molecule has 2 N–H and O–H groups in total. The fourth-order valence-corrected chi connectivity index (χ4v) is 4.29. The van der Waals surface area contributed by atoms with Gasteiger partial charge in [-0.1, -0.05) is 25.1 Å². The van der Waals surface area contributed by atoms with E-state index in [4.69, 9.17) is 0 Å². The van der Waals surface area contributed by atoms with Crippen LogP contribution in [0, 0.1) is 6.92 Å². The van der Waals surface area contributed by atoms with Gasteiger partial charge in [0.2, 0.25) is 5.91 Å². The van der Waals surface area contributed by atoms with Crippen molar-refractivity contribution in [2.24, 2.45) is 0 Å². The Kier molecular flexibility index (Phi) is 6.08. The van der Waals surface area contributed by atoms with Gasteiger partial charge in [-0.15, -0.1) is 11.3 Å². The SMILES string of the molecule is CCCN1C(=O)C(NC)Cc2ccccc21.Cc1cc2cc(C=O)[nH]c2s1. The highest BCUT2D eigenvalue weighted by molar-refractivity contribution is 7.18. The van der Waals surface area contributed by atoms with Gasteiger partial charge in [0, 0.05) is 22.5 Å². The zero-order chi connectivity index (χ0) is 19.4. The van der Waals surface area contributed by atoms with Crippen molar-refractivity contribution in [2.45, 2.75) is 32.7 Å². The minimum Gasteiger partial charge on any atom is -0.344 e. The minimum absolute atomic E-state index is 0.0681. The van der Waals surface area contributed by atoms with Gasteiger partial charge in [-0.2, -0.15) is 0 Å². The maximum atomic E-state index is 12.2. The van der Waals surface area contributed by atoms with Crippen molar-refractivity contribution < 1.29 is 9.59 Å². The average molecular weight is 384 g/mol. The van der Waals surface area contributed by atoms with Gasteiger partial charge in [0.25, 0.3) is 0 Å². The second-order valence-corrected chi connectivity index (χ2v) is 7.90. The van der Waals surface area contributed by atoms with Gasteiger partial charge < -0.3 is 15.2 Å². The highest BCUT2D eigenvalue weighted by Crippen LogP contribution is 2.27. The van der Waals surface area contributed by atoms with Crippen molar-refractivity contribution in [3.63, 3.8) is 0 Å². The third-order valence-corrected chi connectivity index (χ3v) is 5.63. The molecule has 0 saturated carbocycles. The van der Waals surface area contributed by atoms with E-state index in [0.717, 1.165) is 41.6 Å². The van der Waals surface area contributed by atoms with Gasteiger partial charge in [-0.05, 0) is 50.6 Å². The molecule has 1 aliphatic heterocycles. The first-order chi connectivity index (χ1) is 13.1. The van der Waals surface area contributed by atoms with Gasteiger partial charge in [0.1, 0.15) is 4.83 Å². The molecule has 4 rings (SSSR count). The van der Waals surface area contributed by atoms with Crippen molar-refractivity contribution in [1.82, 2.24) is 10.3 Å². The Morgan fingerprint density at radius 1 is 1.33 bits per heavy atom. The lowest BCUT2D eigenvalue weighted by Gasteiger charge is -2.33. The molecule has 1 unspecified atom stereocenters. The third-order valence-electron chi connectivity index (χ3n) is 4.65. The summed E-state index contributed by atoms with van der Waals surface area (Å²) in [6.07, 6.45) is 2.62. The Morgan fingerprint density at radius 3 is 2.78 bits per heavy atom. The molecule has 0 spiro atoms. The normalized spacial score (nSPS) is 16.0. The van der Waals surface area contributed by atoms with Gasteiger partial charge in [0.15, 0.2) is 6.29 Å². The molecule has 0 fully saturated rings. The lowest BCUT2D eigenvalue weighted by molar-refractivity contribution is -0.120. The fourth-order valence-electron chi connectivity index (χ4n) is 3.38. The molecular formula is C21H25N3O2S. The van der Waals surface area contributed by atoms with Crippen molar-refractivity contribution >= 4 is 39.4 Å². The Bertz CT molecular complexity index is 912. The number of likely N-dealkylation sites (N-methyl/N-ethyl adjacent to an activating group) is 1. The summed E-state index contributed by atoms with van der Waals surface area (Å²) in [4.78, 5) is 29.8. The molecule has 3 heterocycles. The first-order valence-electron chi connectivity index (χ1n) is 9.18. The summed E-state index contributed by atoms with van der Waals surface area (Å²) in [5, 5.41) is 4.23. The van der Waals surface area contributed by atoms with Crippen molar-refractivity contribution in [3.8, 4) is 0 Å². The second-order valence-electron chi connectivity index (χ2n) is 6.65. The zero-order valence-electron chi connectivity index (χ0n) is 15.9. The summed E-state index contributed by atoms with van der Waals surface area (Å²) in [5.41, 5.74) is 3.00. The van der Waals surface area contributed by atoms with Crippen LogP contribution in [-0.4, -0.2) is 36.8 Å². The first kappa shape index (κ1) is 19.3. The molecule has 142 valence electrons. The Labute approximate surface area is 163 Å². The van der Waals surface area contributed by atoms with Crippen LogP contribution in [0.25, 0.3) is 10.2 Å². The predicted molar refractivity (Wildman–Crippen MR) is 112 cm³/mol. The number of hydrogen-bond acceptors (Lipinski definition) is 4. The number of carbonyl (C=O) groups excluding carboxylic acids is 2. The predicted octanol–water partition coefficient (Wildman–Crippen LogP) is 3.92. The van der Waals surface area contributed by atoms with Crippen LogP contribution in [0.15, 0.2) is 36.4 Å². The Hall–Kier alpha value is -2.44. The zero-order valence-corrected chi connectivity index (χ0v) is 16.7. The standard InChI is InChI=1S/C13H18N2O.C8H7NOS/c1-3-8-15-12-7-5-4-6-10(12)9-11(14-2)13(15)16;1-5-2-6-3-7(4-10)9-8(6)11-5/h4-7,11,14H,3,8-9H2,1-2H3;2-4,9H,1H3. The highest BCUT2D eigenvalue weighted by Gasteiger charge is 2.30. The number of anilines is 1. The number of fused-ring (bicyclic) bond motifs is 2. The summed E-state index contributed by atoms with van der Waals surface area (Å²) in [7, 11) is 1.85. The van der Waals surface area contributed by atoms with Crippen molar-refractivity contribution in [2.75, 3.05) is 18.5 Å². The van der Waals surface area contributed by atoms with E-state index < -0.39 is 0 Å². The van der Waals surface area contributed by atoms with Crippen LogP contribution < -0.4 is 10.2 Å². The topological polar surface area (TPSA) is 65.2 Å². The highest BCUT2D eigenvalue weighted by atomic mass is 32.1. The lowest BCUT2D eigenvalue weighted by Crippen LogP contribution is -2.50. The largest absolute Gasteiger partial charge is 0.344 e. The quantitative estimate of drug-likeness (QED) is 0.671. The monoisotopic (exact) mass is 383 g/mol. The molecule has 0 saturated heterocycles. The number of para-hydroxylation sites is 1. The number of aryl methyl sites for hydroxylation is 1. The van der Waals surface area contributed by atoms with E-state index in [-0.39, 0.29) is 11.9 Å². The molecular weight excluding hydrogens is 358 g/mol. The molecule has 1 aromatic carbocycles. The number of benzene rings is 1. The molecule has 6 heteroatoms. The molecule has 0 aliphatic carbocycles. The molecule has 1 atom stereocenters. The maximum absolute atomic E-state index is 12.2. The number of carbonyl (C=O) groups is 2. The van der Waals surface area contributed by atoms with Crippen LogP contribution in [0.1, 0.15) is 34.3 Å². The summed E-state index contributed by atoms with van der Waals surface area (Å²) in [5.74, 6) is 0.197. The van der Waals surface area contributed by atoms with Crippen molar-refractivity contribution in [1.29, 1.82) is 0 Å². The maximum Gasteiger partial charge on any atom is 0.244 e. The van der Waals surface area contributed by atoms with Gasteiger partial charge in [-0.25, -0.2) is 0 Å². The number of nitrogens with one attached hydrogen (secondary N) is 2. The summed E-state index contributed by atoms with van der Waals surface area (Å²) >= 11 is 1.67. The minimum atomic E-state index is -0.0681. The van der Waals surface area contributed by atoms with Crippen LogP contribution >= 0.6 is 11.3 Å². The van der Waals surface area contributed by atoms with E-state index in [9.17, 15) is 9.59 Å². The van der Waals surface area contributed by atoms with Crippen LogP contribution in [0.2, 0.25) is 0 Å². The van der Waals surface area contributed by atoms with E-state index in [1.54, 1.807) is 11.3 Å². The molecule has 5 nitrogen and oxygen atoms in total. The van der Waals surface area contributed by atoms with E-state index in [1.807, 2.05) is 36.2 Å². The van der Waals surface area contributed by atoms with Gasteiger partial charge in [0.05, 0.1) is 11.7 Å². The molecule has 0 bridgehead atoms. The first-order valence-corrected chi connectivity index (χ1v) is 9.99. The van der Waals surface area contributed by atoms with Gasteiger partial charge in [-0.3, -0.25) is 9.59 Å². The van der Waals surface area contributed by atoms with Crippen molar-refractivity contribution in [3.05, 3.63) is 52.5 Å². The van der Waals surface area contributed by atoms with Crippen LogP contribution in [0.5, 0.6) is 0 Å². The number of rotatable bonds is 4. The van der Waals surface area contributed by atoms with E-state index in [2.05, 4.69) is 36.3 Å². The molecule has 3 aromatic rings. The molecule has 1 aliphatic rings. The van der Waals surface area contributed by atoms with E-state index >= 15 is 0 Å². The Morgan fingerprint density at radius 2 is 2.11 bits per heavy atom. The number of aromatic amines is 1. The number of aldehydes is 1. The summed E-state index contributed by atoms with van der Waals surface area (Å²) in [6.45, 7) is 4.95. The number of H-pyrrole nitrogens is 1. The van der Waals surface area contributed by atoms with Crippen LogP contribution in [0.4, 0.5) is 5.69 Å². The smallest absolute Gasteiger partial charge is 0.244 e. The van der Waals surface area contributed by atoms with E-state index in [1.165, 1.54) is 10.4 Å². The van der Waals surface area contributed by atoms with Crippen LogP contribution in [0.3, 0.4) is 0 Å². The lowest BCUT2D eigenvalue weighted by atomic mass is 9.97. The number of aromatic nitrogens is 1. The second kappa shape index (κ2) is 8.50. The average Bonchev–Trinajstić information content (AvgIpc) is 3.21. The summed E-state index contributed by atoms with van der Waals surface area (Å²) < 4.78 is 0. The third kappa shape index (κ3) is 4.12. The molecule has 0 radical (unpaired) electrons. The summed E-state index contributed by atoms with van der Waals surface area (Å²) in [6, 6.07) is 12.0. The van der Waals surface area contributed by atoms with Crippen LogP contribution in [-0.2, 0) is 11.2 Å².